The number of aromatic nitrogens is 2. The van der Waals surface area contributed by atoms with Crippen molar-refractivity contribution in [1.82, 2.24) is 14.7 Å². The quantitative estimate of drug-likeness (QED) is 0.900. The Balaban J connectivity index is 1.63. The molecule has 0 unspecified atom stereocenters. The lowest BCUT2D eigenvalue weighted by molar-refractivity contribution is -0.155. The number of carboxylic acid groups (broad SMARTS) is 1. The molecule has 6 heteroatoms. The van der Waals surface area contributed by atoms with Gasteiger partial charge in [0.25, 0.3) is 0 Å². The highest BCUT2D eigenvalue weighted by atomic mass is 16.4. The number of carboxylic acids is 1. The Morgan fingerprint density at radius 3 is 2.86 bits per heavy atom. The van der Waals surface area contributed by atoms with Gasteiger partial charge < -0.3 is 10.0 Å². The molecule has 1 aromatic rings. The Morgan fingerprint density at radius 1 is 1.43 bits per heavy atom. The van der Waals surface area contributed by atoms with Gasteiger partial charge in [0.15, 0.2) is 0 Å². The van der Waals surface area contributed by atoms with Crippen molar-refractivity contribution in [2.75, 3.05) is 6.54 Å². The number of fused-ring (bicyclic) bond motifs is 3. The lowest BCUT2D eigenvalue weighted by Gasteiger charge is -2.48. The molecule has 2 aliphatic heterocycles. The van der Waals surface area contributed by atoms with Crippen LogP contribution in [0.15, 0.2) is 12.3 Å². The van der Waals surface area contributed by atoms with Gasteiger partial charge in [0.2, 0.25) is 5.91 Å². The molecule has 1 amide bonds. The number of carbonyl (C=O) groups excluding carboxylic acids is 1. The number of nitrogens with zero attached hydrogens (tertiary/aromatic N) is 3. The van der Waals surface area contributed by atoms with Gasteiger partial charge in [-0.3, -0.25) is 14.3 Å². The van der Waals surface area contributed by atoms with Gasteiger partial charge in [-0.2, -0.15) is 5.10 Å². The second-order valence-electron chi connectivity index (χ2n) is 6.22. The van der Waals surface area contributed by atoms with Crippen LogP contribution in [0.1, 0.15) is 31.4 Å². The van der Waals surface area contributed by atoms with E-state index in [0.29, 0.717) is 18.8 Å². The fraction of sp³-hybridized carbons (Fsp3) is 0.667. The first kappa shape index (κ1) is 14.1. The number of hydrogen-bond donors (Lipinski definition) is 1. The van der Waals surface area contributed by atoms with E-state index in [0.717, 1.165) is 31.5 Å². The fourth-order valence-corrected chi connectivity index (χ4v) is 3.72. The van der Waals surface area contributed by atoms with Crippen LogP contribution in [0.3, 0.4) is 0 Å². The van der Waals surface area contributed by atoms with Crippen molar-refractivity contribution in [3.05, 3.63) is 18.0 Å². The van der Waals surface area contributed by atoms with E-state index in [9.17, 15) is 14.7 Å². The first-order chi connectivity index (χ1) is 10.0. The van der Waals surface area contributed by atoms with Crippen LogP contribution in [0.5, 0.6) is 0 Å². The minimum atomic E-state index is -0.757. The largest absolute Gasteiger partial charge is 0.481 e. The molecule has 1 aromatic heterocycles. The van der Waals surface area contributed by atoms with E-state index in [-0.39, 0.29) is 17.9 Å². The number of aryl methyl sites for hydroxylation is 2. The standard InChI is InChI=1S/C15H21N3O3/c1-17-7-6-11(16-17)3-5-14(19)18-9-10-2-4-13(18)12(8-10)15(20)21/h6-7,10,12-13H,2-5,8-9H2,1H3,(H,20,21)/t10-,12-,13+/m1/s1. The summed E-state index contributed by atoms with van der Waals surface area (Å²) in [6.45, 7) is 0.732. The van der Waals surface area contributed by atoms with E-state index in [2.05, 4.69) is 5.10 Å². The molecule has 1 N–H and O–H groups in total. The minimum Gasteiger partial charge on any atom is -0.481 e. The summed E-state index contributed by atoms with van der Waals surface area (Å²) in [7, 11) is 1.85. The number of hydrogen-bond acceptors (Lipinski definition) is 3. The molecule has 0 aromatic carbocycles. The molecular formula is C15H21N3O3. The third-order valence-corrected chi connectivity index (χ3v) is 4.78. The molecule has 21 heavy (non-hydrogen) atoms. The van der Waals surface area contributed by atoms with Crippen LogP contribution in [0.4, 0.5) is 0 Å². The molecule has 2 bridgehead atoms. The van der Waals surface area contributed by atoms with E-state index in [1.54, 1.807) is 4.68 Å². The second kappa shape index (κ2) is 5.50. The summed E-state index contributed by atoms with van der Waals surface area (Å²) in [5.74, 6) is -0.709. The Hall–Kier alpha value is -1.85. The molecule has 1 aliphatic carbocycles. The third kappa shape index (κ3) is 2.80. The van der Waals surface area contributed by atoms with Crippen LogP contribution >= 0.6 is 0 Å². The molecule has 1 saturated carbocycles. The zero-order chi connectivity index (χ0) is 15.0. The van der Waals surface area contributed by atoms with Crippen molar-refractivity contribution in [2.24, 2.45) is 18.9 Å². The van der Waals surface area contributed by atoms with Gasteiger partial charge >= 0.3 is 5.97 Å². The van der Waals surface area contributed by atoms with Gasteiger partial charge in [0.1, 0.15) is 0 Å². The molecule has 4 rings (SSSR count). The monoisotopic (exact) mass is 291 g/mol. The molecule has 0 radical (unpaired) electrons. The van der Waals surface area contributed by atoms with E-state index in [1.807, 2.05) is 24.2 Å². The molecule has 3 atom stereocenters. The summed E-state index contributed by atoms with van der Waals surface area (Å²) in [6.07, 6.45) is 5.50. The number of aliphatic carboxylic acids is 1. The van der Waals surface area contributed by atoms with Gasteiger partial charge in [0.05, 0.1) is 11.6 Å². The molecule has 3 fully saturated rings. The highest BCUT2D eigenvalue weighted by Gasteiger charge is 2.45. The summed E-state index contributed by atoms with van der Waals surface area (Å²) >= 11 is 0. The normalized spacial score (nSPS) is 27.9. The van der Waals surface area contributed by atoms with Gasteiger partial charge in [-0.15, -0.1) is 0 Å². The van der Waals surface area contributed by atoms with E-state index in [4.69, 9.17) is 0 Å². The Labute approximate surface area is 123 Å². The fourth-order valence-electron chi connectivity index (χ4n) is 3.72. The van der Waals surface area contributed by atoms with Crippen LogP contribution in [0.25, 0.3) is 0 Å². The number of rotatable bonds is 4. The maximum Gasteiger partial charge on any atom is 0.308 e. The Morgan fingerprint density at radius 2 is 2.24 bits per heavy atom. The lowest BCUT2D eigenvalue weighted by Crippen LogP contribution is -2.57. The van der Waals surface area contributed by atoms with Crippen molar-refractivity contribution in [3.8, 4) is 0 Å². The zero-order valence-electron chi connectivity index (χ0n) is 12.2. The predicted molar refractivity (Wildman–Crippen MR) is 75.5 cm³/mol. The third-order valence-electron chi connectivity index (χ3n) is 4.78. The Bertz CT molecular complexity index is 554. The second-order valence-corrected chi connectivity index (χ2v) is 6.22. The summed E-state index contributed by atoms with van der Waals surface area (Å²) in [5.41, 5.74) is 0.905. The predicted octanol–water partition coefficient (Wildman–Crippen LogP) is 1.06. The number of piperidine rings is 2. The minimum absolute atomic E-state index is 0.0707. The first-order valence-corrected chi connectivity index (χ1v) is 7.55. The highest BCUT2D eigenvalue weighted by Crippen LogP contribution is 2.39. The van der Waals surface area contributed by atoms with Crippen molar-refractivity contribution < 1.29 is 14.7 Å². The average molecular weight is 291 g/mol. The molecule has 6 nitrogen and oxygen atoms in total. The lowest BCUT2D eigenvalue weighted by atomic mass is 9.72. The summed E-state index contributed by atoms with van der Waals surface area (Å²) in [6, 6.07) is 1.80. The van der Waals surface area contributed by atoms with Crippen LogP contribution in [-0.4, -0.2) is 44.3 Å². The highest BCUT2D eigenvalue weighted by molar-refractivity contribution is 5.79. The van der Waals surface area contributed by atoms with E-state index < -0.39 is 5.97 Å². The SMILES string of the molecule is Cn1ccc(CCC(=O)N2C[C@@H]3CC[C@H]2[C@H](C(=O)O)C3)n1. The molecule has 114 valence electrons. The van der Waals surface area contributed by atoms with Crippen molar-refractivity contribution in [3.63, 3.8) is 0 Å². The molecular weight excluding hydrogens is 270 g/mol. The van der Waals surface area contributed by atoms with E-state index in [1.165, 1.54) is 0 Å². The number of amides is 1. The topological polar surface area (TPSA) is 75.4 Å². The first-order valence-electron chi connectivity index (χ1n) is 7.55. The van der Waals surface area contributed by atoms with Gasteiger partial charge in [-0.1, -0.05) is 0 Å². The molecule has 3 heterocycles. The Kier molecular flexibility index (Phi) is 3.69. The van der Waals surface area contributed by atoms with Crippen molar-refractivity contribution in [1.29, 1.82) is 0 Å². The zero-order valence-corrected chi connectivity index (χ0v) is 12.2. The molecule has 3 aliphatic rings. The van der Waals surface area contributed by atoms with Gasteiger partial charge in [-0.25, -0.2) is 0 Å². The molecule has 2 saturated heterocycles. The maximum absolute atomic E-state index is 12.4. The summed E-state index contributed by atoms with van der Waals surface area (Å²) in [4.78, 5) is 25.6. The maximum atomic E-state index is 12.4. The van der Waals surface area contributed by atoms with Gasteiger partial charge in [-0.05, 0) is 31.2 Å². The molecule has 0 spiro atoms. The van der Waals surface area contributed by atoms with Crippen LogP contribution in [0.2, 0.25) is 0 Å². The smallest absolute Gasteiger partial charge is 0.308 e. The van der Waals surface area contributed by atoms with Crippen LogP contribution in [-0.2, 0) is 23.1 Å². The average Bonchev–Trinajstić information content (AvgIpc) is 2.90. The van der Waals surface area contributed by atoms with Gasteiger partial charge in [0, 0.05) is 38.7 Å². The summed E-state index contributed by atoms with van der Waals surface area (Å²) in [5, 5.41) is 13.6. The summed E-state index contributed by atoms with van der Waals surface area (Å²) < 4.78 is 1.73. The van der Waals surface area contributed by atoms with Crippen LogP contribution in [0, 0.1) is 11.8 Å². The van der Waals surface area contributed by atoms with Crippen molar-refractivity contribution >= 4 is 11.9 Å². The van der Waals surface area contributed by atoms with Crippen molar-refractivity contribution in [2.45, 2.75) is 38.1 Å². The van der Waals surface area contributed by atoms with Crippen LogP contribution < -0.4 is 0 Å². The number of carbonyl (C=O) groups is 2. The van der Waals surface area contributed by atoms with E-state index >= 15 is 0 Å².